The Morgan fingerprint density at radius 3 is 2.50 bits per heavy atom. The van der Waals surface area contributed by atoms with Gasteiger partial charge in [-0.2, -0.15) is 4.98 Å². The Hall–Kier alpha value is -1.36. The van der Waals surface area contributed by atoms with Crippen molar-refractivity contribution in [1.82, 2.24) is 9.97 Å². The van der Waals surface area contributed by atoms with Crippen molar-refractivity contribution in [2.75, 3.05) is 5.32 Å². The highest BCUT2D eigenvalue weighted by Crippen LogP contribution is 2.28. The van der Waals surface area contributed by atoms with Gasteiger partial charge in [-0.1, -0.05) is 35.3 Å². The maximum atomic E-state index is 11.0. The van der Waals surface area contributed by atoms with Crippen molar-refractivity contribution >= 4 is 52.6 Å². The number of aldehydes is 1. The van der Waals surface area contributed by atoms with Crippen molar-refractivity contribution < 1.29 is 4.79 Å². The van der Waals surface area contributed by atoms with Gasteiger partial charge in [-0.3, -0.25) is 4.79 Å². The minimum Gasteiger partial charge on any atom is -0.338 e. The summed E-state index contributed by atoms with van der Waals surface area (Å²) in [5.41, 5.74) is 0.717. The number of nitrogens with zero attached hydrogens (tertiary/aromatic N) is 2. The molecule has 1 aromatic carbocycles. The minimum atomic E-state index is -0.0554. The number of anilines is 2. The van der Waals surface area contributed by atoms with Gasteiger partial charge in [0.2, 0.25) is 5.28 Å². The van der Waals surface area contributed by atoms with Gasteiger partial charge in [0.1, 0.15) is 11.0 Å². The third-order valence-corrected chi connectivity index (χ3v) is 2.90. The van der Waals surface area contributed by atoms with E-state index in [4.69, 9.17) is 34.8 Å². The summed E-state index contributed by atoms with van der Waals surface area (Å²) in [5.74, 6) is 0.211. The van der Waals surface area contributed by atoms with Crippen molar-refractivity contribution in [3.63, 3.8) is 0 Å². The monoisotopic (exact) mass is 301 g/mol. The van der Waals surface area contributed by atoms with Gasteiger partial charge in [-0.25, -0.2) is 4.98 Å². The van der Waals surface area contributed by atoms with Gasteiger partial charge in [0.05, 0.1) is 16.3 Å². The predicted octanol–water partition coefficient (Wildman–Crippen LogP) is 3.99. The zero-order valence-corrected chi connectivity index (χ0v) is 11.1. The Labute approximate surface area is 118 Å². The number of carbonyl (C=O) groups excluding carboxylic acids is 1. The van der Waals surface area contributed by atoms with Crippen LogP contribution in [0.1, 0.15) is 10.4 Å². The first kappa shape index (κ1) is 13.1. The number of halogens is 3. The fourth-order valence-corrected chi connectivity index (χ4v) is 1.92. The maximum absolute atomic E-state index is 11.0. The molecule has 0 fully saturated rings. The zero-order chi connectivity index (χ0) is 13.1. The van der Waals surface area contributed by atoms with E-state index >= 15 is 0 Å². The highest BCUT2D eigenvalue weighted by atomic mass is 35.5. The lowest BCUT2D eigenvalue weighted by Gasteiger charge is -2.10. The third kappa shape index (κ3) is 2.72. The molecule has 0 aliphatic heterocycles. The molecule has 0 radical (unpaired) electrons. The smallest absolute Gasteiger partial charge is 0.225 e. The quantitative estimate of drug-likeness (QED) is 0.529. The summed E-state index contributed by atoms with van der Waals surface area (Å²) in [6, 6.07) is 7.02. The van der Waals surface area contributed by atoms with E-state index in [1.165, 1.54) is 0 Å². The SMILES string of the molecule is O=Cc1c(Cl)nc(Cl)nc1Nc1ccccc1Cl. The summed E-state index contributed by atoms with van der Waals surface area (Å²) in [6.45, 7) is 0. The minimum absolute atomic E-state index is 0.0143. The molecule has 2 rings (SSSR count). The first-order valence-corrected chi connectivity index (χ1v) is 5.95. The van der Waals surface area contributed by atoms with Gasteiger partial charge in [0.25, 0.3) is 0 Å². The van der Waals surface area contributed by atoms with Crippen LogP contribution in [-0.2, 0) is 0 Å². The highest BCUT2D eigenvalue weighted by Gasteiger charge is 2.12. The maximum Gasteiger partial charge on any atom is 0.225 e. The van der Waals surface area contributed by atoms with Crippen LogP contribution in [0, 0.1) is 0 Å². The molecule has 0 saturated heterocycles. The van der Waals surface area contributed by atoms with E-state index in [-0.39, 0.29) is 21.8 Å². The third-order valence-electron chi connectivity index (χ3n) is 2.12. The summed E-state index contributed by atoms with van der Waals surface area (Å²) < 4.78 is 0. The van der Waals surface area contributed by atoms with Gasteiger partial charge >= 0.3 is 0 Å². The summed E-state index contributed by atoms with van der Waals surface area (Å²) in [4.78, 5) is 18.5. The molecule has 0 aliphatic carbocycles. The van der Waals surface area contributed by atoms with E-state index in [1.807, 2.05) is 0 Å². The molecule has 92 valence electrons. The normalized spacial score (nSPS) is 10.2. The van der Waals surface area contributed by atoms with Crippen LogP contribution in [0.5, 0.6) is 0 Å². The van der Waals surface area contributed by atoms with Gasteiger partial charge in [-0.15, -0.1) is 0 Å². The molecule has 1 aromatic heterocycles. The van der Waals surface area contributed by atoms with Crippen LogP contribution in [0.15, 0.2) is 24.3 Å². The van der Waals surface area contributed by atoms with Crippen molar-refractivity contribution in [3.05, 3.63) is 45.3 Å². The molecule has 0 atom stereocenters. The fourth-order valence-electron chi connectivity index (χ4n) is 1.31. The summed E-state index contributed by atoms with van der Waals surface area (Å²) in [6.07, 6.45) is 0.553. The van der Waals surface area contributed by atoms with Crippen LogP contribution < -0.4 is 5.32 Å². The molecule has 0 spiro atoms. The number of hydrogen-bond donors (Lipinski definition) is 1. The summed E-state index contributed by atoms with van der Waals surface area (Å²) >= 11 is 17.5. The molecule has 0 amide bonds. The van der Waals surface area contributed by atoms with E-state index in [9.17, 15) is 4.79 Å². The first-order valence-electron chi connectivity index (χ1n) is 4.81. The number of benzene rings is 1. The lowest BCUT2D eigenvalue weighted by Crippen LogP contribution is -2.02. The average molecular weight is 303 g/mol. The van der Waals surface area contributed by atoms with E-state index in [1.54, 1.807) is 24.3 Å². The second-order valence-corrected chi connectivity index (χ2v) is 4.37. The number of nitrogens with one attached hydrogen (secondary N) is 1. The lowest BCUT2D eigenvalue weighted by atomic mass is 10.3. The van der Waals surface area contributed by atoms with Gasteiger partial charge < -0.3 is 5.32 Å². The highest BCUT2D eigenvalue weighted by molar-refractivity contribution is 6.34. The topological polar surface area (TPSA) is 54.9 Å². The van der Waals surface area contributed by atoms with E-state index in [2.05, 4.69) is 15.3 Å². The van der Waals surface area contributed by atoms with Crippen molar-refractivity contribution in [2.45, 2.75) is 0 Å². The Morgan fingerprint density at radius 2 is 1.83 bits per heavy atom. The molecule has 0 unspecified atom stereocenters. The Kier molecular flexibility index (Phi) is 4.01. The molecule has 7 heteroatoms. The van der Waals surface area contributed by atoms with Crippen molar-refractivity contribution in [2.24, 2.45) is 0 Å². The molecule has 0 aliphatic rings. The molecule has 0 bridgehead atoms. The number of rotatable bonds is 3. The molecule has 18 heavy (non-hydrogen) atoms. The molecule has 1 N–H and O–H groups in total. The van der Waals surface area contributed by atoms with Gasteiger partial charge in [-0.05, 0) is 23.7 Å². The van der Waals surface area contributed by atoms with Crippen LogP contribution in [0.2, 0.25) is 15.5 Å². The summed E-state index contributed by atoms with van der Waals surface area (Å²) in [7, 11) is 0. The van der Waals surface area contributed by atoms with Crippen molar-refractivity contribution in [1.29, 1.82) is 0 Å². The number of para-hydroxylation sites is 1. The Balaban J connectivity index is 2.46. The molecule has 0 saturated carbocycles. The van der Waals surface area contributed by atoms with Gasteiger partial charge in [0.15, 0.2) is 6.29 Å². The number of carbonyl (C=O) groups is 1. The first-order chi connectivity index (χ1) is 8.61. The Morgan fingerprint density at radius 1 is 1.11 bits per heavy atom. The predicted molar refractivity (Wildman–Crippen MR) is 72.2 cm³/mol. The van der Waals surface area contributed by atoms with E-state index < -0.39 is 0 Å². The lowest BCUT2D eigenvalue weighted by molar-refractivity contribution is 0.112. The number of hydrogen-bond acceptors (Lipinski definition) is 4. The zero-order valence-electron chi connectivity index (χ0n) is 8.82. The largest absolute Gasteiger partial charge is 0.338 e. The molecule has 1 heterocycles. The van der Waals surface area contributed by atoms with Crippen LogP contribution in [0.25, 0.3) is 0 Å². The molecular weight excluding hydrogens is 296 g/mol. The standard InChI is InChI=1S/C11H6Cl3N3O/c12-7-3-1-2-4-8(7)15-10-6(5-18)9(13)16-11(14)17-10/h1-5H,(H,15,16,17). The second-order valence-electron chi connectivity index (χ2n) is 3.27. The number of aromatic nitrogens is 2. The molecule has 2 aromatic rings. The second kappa shape index (κ2) is 5.52. The van der Waals surface area contributed by atoms with Gasteiger partial charge in [0, 0.05) is 0 Å². The molecule has 4 nitrogen and oxygen atoms in total. The van der Waals surface area contributed by atoms with Crippen LogP contribution >= 0.6 is 34.8 Å². The fraction of sp³-hybridized carbons (Fsp3) is 0. The average Bonchev–Trinajstić information content (AvgIpc) is 2.31. The Bertz CT molecular complexity index is 604. The molecular formula is C11H6Cl3N3O. The van der Waals surface area contributed by atoms with Crippen LogP contribution in [0.4, 0.5) is 11.5 Å². The van der Waals surface area contributed by atoms with E-state index in [0.29, 0.717) is 17.0 Å². The van der Waals surface area contributed by atoms with Crippen LogP contribution in [-0.4, -0.2) is 16.3 Å². The van der Waals surface area contributed by atoms with Crippen LogP contribution in [0.3, 0.4) is 0 Å². The van der Waals surface area contributed by atoms with E-state index in [0.717, 1.165) is 0 Å². The summed E-state index contributed by atoms with van der Waals surface area (Å²) in [5, 5.41) is 3.31. The van der Waals surface area contributed by atoms with Crippen molar-refractivity contribution in [3.8, 4) is 0 Å².